The Kier molecular flexibility index (Phi) is 8.88. The van der Waals surface area contributed by atoms with Crippen LogP contribution in [0.2, 0.25) is 0 Å². The van der Waals surface area contributed by atoms with Crippen molar-refractivity contribution in [3.8, 4) is 0 Å². The van der Waals surface area contributed by atoms with E-state index < -0.39 is 0 Å². The van der Waals surface area contributed by atoms with Gasteiger partial charge in [0.05, 0.1) is 12.5 Å². The summed E-state index contributed by atoms with van der Waals surface area (Å²) in [7, 11) is 3.42. The maximum atomic E-state index is 11.8. The van der Waals surface area contributed by atoms with E-state index in [0.717, 1.165) is 0 Å². The Morgan fingerprint density at radius 3 is 2.38 bits per heavy atom. The van der Waals surface area contributed by atoms with Gasteiger partial charge < -0.3 is 15.4 Å². The van der Waals surface area contributed by atoms with Crippen molar-refractivity contribution in [1.29, 1.82) is 0 Å². The number of carbonyl (C=O) groups excluding carboxylic acids is 1. The minimum Gasteiger partial charge on any atom is -0.384 e. The first-order chi connectivity index (χ1) is 6.84. The molecule has 0 aromatic carbocycles. The van der Waals surface area contributed by atoms with Crippen LogP contribution in [0.3, 0.4) is 0 Å². The molecule has 2 N–H and O–H groups in total. The number of amides is 1. The summed E-state index contributed by atoms with van der Waals surface area (Å²) in [5, 5.41) is 0. The molecule has 5 heteroatoms. The van der Waals surface area contributed by atoms with Gasteiger partial charge in [-0.2, -0.15) is 0 Å². The Morgan fingerprint density at radius 2 is 2.00 bits per heavy atom. The van der Waals surface area contributed by atoms with Crippen molar-refractivity contribution in [1.82, 2.24) is 4.90 Å². The van der Waals surface area contributed by atoms with Crippen LogP contribution in [0, 0.1) is 11.3 Å². The molecule has 0 aliphatic heterocycles. The number of hydrogen-bond donors (Lipinski definition) is 1. The van der Waals surface area contributed by atoms with Crippen molar-refractivity contribution < 1.29 is 9.53 Å². The second kappa shape index (κ2) is 7.87. The summed E-state index contributed by atoms with van der Waals surface area (Å²) < 4.78 is 4.96. The second-order valence-electron chi connectivity index (χ2n) is 4.92. The molecule has 0 aromatic heterocycles. The lowest BCUT2D eigenvalue weighted by Crippen LogP contribution is -2.42. The van der Waals surface area contributed by atoms with Crippen molar-refractivity contribution in [2.45, 2.75) is 20.8 Å². The van der Waals surface area contributed by atoms with Gasteiger partial charge in [-0.1, -0.05) is 20.8 Å². The van der Waals surface area contributed by atoms with Gasteiger partial charge in [-0.3, -0.25) is 4.79 Å². The van der Waals surface area contributed by atoms with Gasteiger partial charge in [-0.25, -0.2) is 0 Å². The van der Waals surface area contributed by atoms with Gasteiger partial charge in [0.25, 0.3) is 0 Å². The fourth-order valence-electron chi connectivity index (χ4n) is 1.48. The standard InChI is InChI=1S/C11H24N2O2.ClH/c1-9(6-15-5)10(14)13(4)8-11(2,3)7-12;/h9H,6-8,12H2,1-5H3;1H. The van der Waals surface area contributed by atoms with E-state index in [-0.39, 0.29) is 29.6 Å². The Bertz CT molecular complexity index is 210. The number of hydrogen-bond acceptors (Lipinski definition) is 3. The molecule has 1 amide bonds. The molecule has 0 spiro atoms. The van der Waals surface area contributed by atoms with E-state index in [1.54, 1.807) is 12.0 Å². The van der Waals surface area contributed by atoms with Crippen molar-refractivity contribution in [3.63, 3.8) is 0 Å². The first-order valence-electron chi connectivity index (χ1n) is 5.28. The van der Waals surface area contributed by atoms with Crippen LogP contribution in [0.1, 0.15) is 20.8 Å². The highest BCUT2D eigenvalue weighted by Gasteiger charge is 2.23. The number of ether oxygens (including phenoxy) is 1. The SMILES string of the molecule is COCC(C)C(=O)N(C)CC(C)(C)CN.Cl. The topological polar surface area (TPSA) is 55.6 Å². The third-order valence-electron chi connectivity index (χ3n) is 2.43. The van der Waals surface area contributed by atoms with E-state index in [9.17, 15) is 4.79 Å². The van der Waals surface area contributed by atoms with Crippen LogP contribution in [0.4, 0.5) is 0 Å². The fourth-order valence-corrected chi connectivity index (χ4v) is 1.48. The molecule has 16 heavy (non-hydrogen) atoms. The maximum Gasteiger partial charge on any atom is 0.227 e. The molecule has 0 aliphatic carbocycles. The van der Waals surface area contributed by atoms with E-state index in [0.29, 0.717) is 19.7 Å². The highest BCUT2D eigenvalue weighted by molar-refractivity contribution is 5.85. The molecule has 0 saturated heterocycles. The predicted octanol–water partition coefficient (Wildman–Crippen LogP) is 1.13. The van der Waals surface area contributed by atoms with E-state index in [1.807, 2.05) is 14.0 Å². The van der Waals surface area contributed by atoms with E-state index in [1.165, 1.54) is 0 Å². The van der Waals surface area contributed by atoms with E-state index in [2.05, 4.69) is 13.8 Å². The average molecular weight is 253 g/mol. The molecule has 0 aliphatic rings. The van der Waals surface area contributed by atoms with Crippen LogP contribution in [0.15, 0.2) is 0 Å². The summed E-state index contributed by atoms with van der Waals surface area (Å²) in [5.41, 5.74) is 5.60. The van der Waals surface area contributed by atoms with Crippen molar-refractivity contribution >= 4 is 18.3 Å². The zero-order valence-corrected chi connectivity index (χ0v) is 11.8. The van der Waals surface area contributed by atoms with Crippen LogP contribution < -0.4 is 5.73 Å². The minimum atomic E-state index is -0.0893. The number of nitrogens with two attached hydrogens (primary N) is 1. The third kappa shape index (κ3) is 6.30. The quantitative estimate of drug-likeness (QED) is 0.771. The molecule has 0 heterocycles. The summed E-state index contributed by atoms with van der Waals surface area (Å²) in [6, 6.07) is 0. The summed E-state index contributed by atoms with van der Waals surface area (Å²) in [5.74, 6) is 0.0203. The molecular formula is C11H25ClN2O2. The predicted molar refractivity (Wildman–Crippen MR) is 68.8 cm³/mol. The Hall–Kier alpha value is -0.320. The van der Waals surface area contributed by atoms with Gasteiger partial charge in [0, 0.05) is 20.7 Å². The molecule has 0 rings (SSSR count). The zero-order valence-electron chi connectivity index (χ0n) is 10.9. The van der Waals surface area contributed by atoms with Gasteiger partial charge in [-0.05, 0) is 12.0 Å². The second-order valence-corrected chi connectivity index (χ2v) is 4.92. The number of nitrogens with zero attached hydrogens (tertiary/aromatic N) is 1. The lowest BCUT2D eigenvalue weighted by molar-refractivity contribution is -0.136. The Morgan fingerprint density at radius 1 is 1.50 bits per heavy atom. The fraction of sp³-hybridized carbons (Fsp3) is 0.909. The zero-order chi connectivity index (χ0) is 12.1. The summed E-state index contributed by atoms with van der Waals surface area (Å²) in [6.45, 7) is 7.69. The number of methoxy groups -OCH3 is 1. The molecule has 1 unspecified atom stereocenters. The Labute approximate surface area is 105 Å². The summed E-state index contributed by atoms with van der Waals surface area (Å²) in [4.78, 5) is 13.6. The third-order valence-corrected chi connectivity index (χ3v) is 2.43. The molecule has 1 atom stereocenters. The first-order valence-corrected chi connectivity index (χ1v) is 5.28. The van der Waals surface area contributed by atoms with Gasteiger partial charge >= 0.3 is 0 Å². The molecule has 0 saturated carbocycles. The molecule has 4 nitrogen and oxygen atoms in total. The van der Waals surface area contributed by atoms with Crippen LogP contribution in [-0.2, 0) is 9.53 Å². The highest BCUT2D eigenvalue weighted by atomic mass is 35.5. The normalized spacial score (nSPS) is 12.9. The lowest BCUT2D eigenvalue weighted by Gasteiger charge is -2.30. The number of carbonyl (C=O) groups is 1. The summed E-state index contributed by atoms with van der Waals surface area (Å²) in [6.07, 6.45) is 0. The van der Waals surface area contributed by atoms with Gasteiger partial charge in [-0.15, -0.1) is 12.4 Å². The van der Waals surface area contributed by atoms with Crippen LogP contribution in [-0.4, -0.2) is 44.7 Å². The molecule has 98 valence electrons. The molecule has 0 aromatic rings. The van der Waals surface area contributed by atoms with Crippen molar-refractivity contribution in [3.05, 3.63) is 0 Å². The minimum absolute atomic E-state index is 0. The van der Waals surface area contributed by atoms with E-state index >= 15 is 0 Å². The molecule has 0 bridgehead atoms. The molecule has 0 radical (unpaired) electrons. The monoisotopic (exact) mass is 252 g/mol. The smallest absolute Gasteiger partial charge is 0.227 e. The maximum absolute atomic E-state index is 11.8. The number of halogens is 1. The van der Waals surface area contributed by atoms with Crippen molar-refractivity contribution in [2.75, 3.05) is 33.9 Å². The number of rotatable bonds is 6. The highest BCUT2D eigenvalue weighted by Crippen LogP contribution is 2.15. The van der Waals surface area contributed by atoms with Crippen LogP contribution in [0.5, 0.6) is 0 Å². The molecular weight excluding hydrogens is 228 g/mol. The van der Waals surface area contributed by atoms with Gasteiger partial charge in [0.1, 0.15) is 0 Å². The van der Waals surface area contributed by atoms with Gasteiger partial charge in [0.2, 0.25) is 5.91 Å². The van der Waals surface area contributed by atoms with Crippen LogP contribution in [0.25, 0.3) is 0 Å². The van der Waals surface area contributed by atoms with Crippen LogP contribution >= 0.6 is 12.4 Å². The summed E-state index contributed by atoms with van der Waals surface area (Å²) >= 11 is 0. The average Bonchev–Trinajstić information content (AvgIpc) is 2.16. The lowest BCUT2D eigenvalue weighted by atomic mass is 9.93. The molecule has 0 fully saturated rings. The van der Waals surface area contributed by atoms with E-state index in [4.69, 9.17) is 10.5 Å². The Balaban J connectivity index is 0. The van der Waals surface area contributed by atoms with Gasteiger partial charge in [0.15, 0.2) is 0 Å². The van der Waals surface area contributed by atoms with Crippen molar-refractivity contribution in [2.24, 2.45) is 17.1 Å². The largest absolute Gasteiger partial charge is 0.384 e. The first kappa shape index (κ1) is 18.1.